The molecule has 3 aromatic rings. The number of thioether (sulfide) groups is 1. The predicted molar refractivity (Wildman–Crippen MR) is 111 cm³/mol. The minimum atomic E-state index is -0.179. The first-order chi connectivity index (χ1) is 13.1. The monoisotopic (exact) mass is 439 g/mol. The van der Waals surface area contributed by atoms with Crippen molar-refractivity contribution in [2.45, 2.75) is 16.5 Å². The van der Waals surface area contributed by atoms with Gasteiger partial charge in [-0.05, 0) is 23.8 Å². The molecule has 0 fully saturated rings. The number of anilines is 1. The molecule has 5 nitrogen and oxygen atoms in total. The van der Waals surface area contributed by atoms with Crippen LogP contribution in [-0.2, 0) is 17.0 Å². The number of rotatable bonds is 7. The quantitative estimate of drug-likeness (QED) is 0.398. The fourth-order valence-corrected chi connectivity index (χ4v) is 4.82. The lowest BCUT2D eigenvalue weighted by atomic mass is 10.1. The third-order valence-corrected chi connectivity index (χ3v) is 6.30. The predicted octanol–water partition coefficient (Wildman–Crippen LogP) is 5.33. The molecule has 1 heterocycles. The van der Waals surface area contributed by atoms with Gasteiger partial charge in [-0.25, -0.2) is 0 Å². The van der Waals surface area contributed by atoms with Gasteiger partial charge in [0.2, 0.25) is 11.0 Å². The van der Waals surface area contributed by atoms with Crippen LogP contribution in [-0.4, -0.2) is 23.2 Å². The second-order valence-corrected chi connectivity index (χ2v) is 8.41. The van der Waals surface area contributed by atoms with Crippen molar-refractivity contribution >= 4 is 57.3 Å². The van der Waals surface area contributed by atoms with Crippen LogP contribution in [0.4, 0.5) is 5.13 Å². The van der Waals surface area contributed by atoms with Gasteiger partial charge in [0.1, 0.15) is 5.75 Å². The summed E-state index contributed by atoms with van der Waals surface area (Å²) in [7, 11) is 1.58. The minimum Gasteiger partial charge on any atom is -0.496 e. The summed E-state index contributed by atoms with van der Waals surface area (Å²) in [5.41, 5.74) is 1.66. The molecule has 140 valence electrons. The molecule has 0 atom stereocenters. The number of halogens is 2. The summed E-state index contributed by atoms with van der Waals surface area (Å²) in [6, 6.07) is 12.8. The minimum absolute atomic E-state index is 0.179. The molecular weight excluding hydrogens is 425 g/mol. The largest absolute Gasteiger partial charge is 0.496 e. The van der Waals surface area contributed by atoms with Gasteiger partial charge in [-0.2, -0.15) is 0 Å². The number of carbonyl (C=O) groups is 1. The second kappa shape index (κ2) is 9.41. The smallest absolute Gasteiger partial charge is 0.230 e. The number of hydrogen-bond donors (Lipinski definition) is 1. The number of amides is 1. The first kappa shape index (κ1) is 19.9. The zero-order valence-electron chi connectivity index (χ0n) is 14.2. The zero-order valence-corrected chi connectivity index (χ0v) is 17.4. The van der Waals surface area contributed by atoms with Gasteiger partial charge in [0.05, 0.1) is 13.5 Å². The number of aromatic nitrogens is 2. The van der Waals surface area contributed by atoms with Crippen LogP contribution < -0.4 is 10.1 Å². The van der Waals surface area contributed by atoms with Crippen LogP contribution in [0.2, 0.25) is 10.0 Å². The van der Waals surface area contributed by atoms with Crippen molar-refractivity contribution in [1.82, 2.24) is 10.2 Å². The Labute approximate surface area is 175 Å². The first-order valence-electron chi connectivity index (χ1n) is 7.87. The maximum atomic E-state index is 12.3. The summed E-state index contributed by atoms with van der Waals surface area (Å²) in [5, 5.41) is 12.6. The highest BCUT2D eigenvalue weighted by molar-refractivity contribution is 8.00. The highest BCUT2D eigenvalue weighted by Gasteiger charge is 2.13. The van der Waals surface area contributed by atoms with Crippen LogP contribution in [0.25, 0.3) is 0 Å². The Kier molecular flexibility index (Phi) is 6.95. The van der Waals surface area contributed by atoms with E-state index in [-0.39, 0.29) is 12.3 Å². The lowest BCUT2D eigenvalue weighted by molar-refractivity contribution is -0.115. The van der Waals surface area contributed by atoms with E-state index in [0.717, 1.165) is 15.5 Å². The molecule has 1 aromatic heterocycles. The molecule has 0 saturated heterocycles. The lowest BCUT2D eigenvalue weighted by Gasteiger charge is -2.07. The number of carbonyl (C=O) groups excluding carboxylic acids is 1. The average molecular weight is 440 g/mol. The van der Waals surface area contributed by atoms with Crippen LogP contribution in [0.5, 0.6) is 5.75 Å². The van der Waals surface area contributed by atoms with Crippen molar-refractivity contribution in [2.24, 2.45) is 0 Å². The molecule has 2 aromatic carbocycles. The van der Waals surface area contributed by atoms with E-state index in [0.29, 0.717) is 26.7 Å². The van der Waals surface area contributed by atoms with E-state index in [4.69, 9.17) is 27.9 Å². The standard InChI is InChI=1S/C18H15Cl2N3O2S2/c1-25-15-8-3-2-5-11(15)9-16(24)21-17-22-23-18(27-17)26-10-12-13(19)6-4-7-14(12)20/h2-8H,9-10H2,1H3,(H,21,22,24). The fourth-order valence-electron chi connectivity index (χ4n) is 2.31. The normalized spacial score (nSPS) is 10.6. The summed E-state index contributed by atoms with van der Waals surface area (Å²) in [6.45, 7) is 0. The van der Waals surface area contributed by atoms with Crippen molar-refractivity contribution in [3.05, 3.63) is 63.6 Å². The van der Waals surface area contributed by atoms with Crippen LogP contribution in [0, 0.1) is 0 Å². The summed E-state index contributed by atoms with van der Waals surface area (Å²) in [5.74, 6) is 1.07. The summed E-state index contributed by atoms with van der Waals surface area (Å²) >= 11 is 15.1. The van der Waals surface area contributed by atoms with Crippen LogP contribution in [0.1, 0.15) is 11.1 Å². The summed E-state index contributed by atoms with van der Waals surface area (Å²) in [6.07, 6.45) is 0.196. The van der Waals surface area contributed by atoms with E-state index < -0.39 is 0 Å². The lowest BCUT2D eigenvalue weighted by Crippen LogP contribution is -2.14. The number of nitrogens with one attached hydrogen (secondary N) is 1. The molecule has 27 heavy (non-hydrogen) atoms. The molecular formula is C18H15Cl2N3O2S2. The Hall–Kier alpha value is -1.80. The van der Waals surface area contributed by atoms with Gasteiger partial charge in [0.15, 0.2) is 4.34 Å². The molecule has 0 unspecified atom stereocenters. The van der Waals surface area contributed by atoms with Crippen LogP contribution in [0.15, 0.2) is 46.8 Å². The van der Waals surface area contributed by atoms with Gasteiger partial charge in [0.25, 0.3) is 0 Å². The van der Waals surface area contributed by atoms with E-state index >= 15 is 0 Å². The molecule has 3 rings (SSSR count). The maximum Gasteiger partial charge on any atom is 0.230 e. The molecule has 0 aliphatic rings. The number of ether oxygens (including phenoxy) is 1. The van der Waals surface area contributed by atoms with Crippen molar-refractivity contribution < 1.29 is 9.53 Å². The fraction of sp³-hybridized carbons (Fsp3) is 0.167. The van der Waals surface area contributed by atoms with Crippen molar-refractivity contribution in [3.63, 3.8) is 0 Å². The maximum absolute atomic E-state index is 12.3. The highest BCUT2D eigenvalue weighted by atomic mass is 35.5. The van der Waals surface area contributed by atoms with Gasteiger partial charge in [-0.1, -0.05) is 70.6 Å². The number of nitrogens with zero attached hydrogens (tertiary/aromatic N) is 2. The molecule has 0 bridgehead atoms. The zero-order chi connectivity index (χ0) is 19.2. The molecule has 0 aliphatic heterocycles. The SMILES string of the molecule is COc1ccccc1CC(=O)Nc1nnc(SCc2c(Cl)cccc2Cl)s1. The van der Waals surface area contributed by atoms with Gasteiger partial charge in [0, 0.05) is 21.4 Å². The van der Waals surface area contributed by atoms with Crippen molar-refractivity contribution in [1.29, 1.82) is 0 Å². The first-order valence-corrected chi connectivity index (χ1v) is 10.4. The second-order valence-electron chi connectivity index (χ2n) is 5.40. The van der Waals surface area contributed by atoms with Crippen LogP contribution in [0.3, 0.4) is 0 Å². The third-order valence-electron chi connectivity index (χ3n) is 3.60. The van der Waals surface area contributed by atoms with E-state index in [1.54, 1.807) is 25.3 Å². The topological polar surface area (TPSA) is 64.1 Å². The Morgan fingerprint density at radius 1 is 1.15 bits per heavy atom. The number of benzene rings is 2. The van der Waals surface area contributed by atoms with Gasteiger partial charge >= 0.3 is 0 Å². The van der Waals surface area contributed by atoms with E-state index in [1.807, 2.05) is 24.3 Å². The van der Waals surface area contributed by atoms with Crippen molar-refractivity contribution in [3.8, 4) is 5.75 Å². The number of para-hydroxylation sites is 1. The average Bonchev–Trinajstić information content (AvgIpc) is 3.09. The molecule has 0 radical (unpaired) electrons. The molecule has 0 spiro atoms. The highest BCUT2D eigenvalue weighted by Crippen LogP contribution is 2.33. The third kappa shape index (κ3) is 5.35. The van der Waals surface area contributed by atoms with Gasteiger partial charge in [-0.15, -0.1) is 10.2 Å². The number of hydrogen-bond acceptors (Lipinski definition) is 6. The van der Waals surface area contributed by atoms with E-state index in [9.17, 15) is 4.79 Å². The van der Waals surface area contributed by atoms with Crippen LogP contribution >= 0.6 is 46.3 Å². The summed E-state index contributed by atoms with van der Waals surface area (Å²) in [4.78, 5) is 12.3. The Balaban J connectivity index is 1.58. The van der Waals surface area contributed by atoms with Gasteiger partial charge < -0.3 is 10.1 Å². The van der Waals surface area contributed by atoms with E-state index in [1.165, 1.54) is 23.1 Å². The van der Waals surface area contributed by atoms with Gasteiger partial charge in [-0.3, -0.25) is 4.79 Å². The summed E-state index contributed by atoms with van der Waals surface area (Å²) < 4.78 is 5.98. The molecule has 0 saturated carbocycles. The number of methoxy groups -OCH3 is 1. The molecule has 9 heteroatoms. The molecule has 1 amide bonds. The van der Waals surface area contributed by atoms with E-state index in [2.05, 4.69) is 15.5 Å². The Bertz CT molecular complexity index is 930. The Morgan fingerprint density at radius 2 is 1.89 bits per heavy atom. The van der Waals surface area contributed by atoms with Crippen molar-refractivity contribution in [2.75, 3.05) is 12.4 Å². The molecule has 0 aliphatic carbocycles. The molecule has 1 N–H and O–H groups in total. The Morgan fingerprint density at radius 3 is 2.63 bits per heavy atom.